The lowest BCUT2D eigenvalue weighted by Crippen LogP contribution is -2.27. The first-order chi connectivity index (χ1) is 8.99. The van der Waals surface area contributed by atoms with E-state index in [1.165, 1.54) is 18.3 Å². The Labute approximate surface area is 116 Å². The van der Waals surface area contributed by atoms with Crippen LogP contribution in [0.3, 0.4) is 0 Å². The summed E-state index contributed by atoms with van der Waals surface area (Å²) in [6, 6.07) is 7.74. The van der Waals surface area contributed by atoms with E-state index in [9.17, 15) is 8.42 Å². The third-order valence-electron chi connectivity index (χ3n) is 2.47. The lowest BCUT2D eigenvalue weighted by molar-refractivity contribution is 0.563. The van der Waals surface area contributed by atoms with Crippen molar-refractivity contribution in [3.63, 3.8) is 0 Å². The summed E-state index contributed by atoms with van der Waals surface area (Å²) in [5.41, 5.74) is 0.646. The molecular formula is C12H12ClN3O2S. The first-order valence-corrected chi connectivity index (χ1v) is 7.40. The number of halogens is 1. The molecule has 0 radical (unpaired) electrons. The largest absolute Gasteiger partial charge is 0.260 e. The first-order valence-electron chi connectivity index (χ1n) is 5.54. The SMILES string of the molecule is CC(NS(=O)(=O)c1ccc(Cl)nc1)c1ccccn1. The number of pyridine rings is 2. The van der Waals surface area contributed by atoms with E-state index in [0.29, 0.717) is 5.69 Å². The van der Waals surface area contributed by atoms with E-state index in [1.807, 2.05) is 0 Å². The van der Waals surface area contributed by atoms with Gasteiger partial charge in [-0.2, -0.15) is 0 Å². The molecule has 1 N–H and O–H groups in total. The predicted octanol–water partition coefficient (Wildman–Crippen LogP) is 2.17. The third kappa shape index (κ3) is 3.50. The van der Waals surface area contributed by atoms with Crippen LogP contribution in [0.25, 0.3) is 0 Å². The van der Waals surface area contributed by atoms with Crippen molar-refractivity contribution in [3.05, 3.63) is 53.6 Å². The van der Waals surface area contributed by atoms with E-state index < -0.39 is 16.1 Å². The van der Waals surface area contributed by atoms with Crippen LogP contribution in [0, 0.1) is 0 Å². The van der Waals surface area contributed by atoms with Crippen molar-refractivity contribution in [2.75, 3.05) is 0 Å². The molecule has 0 saturated carbocycles. The van der Waals surface area contributed by atoms with Crippen LogP contribution in [-0.4, -0.2) is 18.4 Å². The molecular weight excluding hydrogens is 286 g/mol. The normalized spacial score (nSPS) is 13.2. The van der Waals surface area contributed by atoms with Crippen molar-refractivity contribution in [3.8, 4) is 0 Å². The van der Waals surface area contributed by atoms with Gasteiger partial charge in [0.05, 0.1) is 11.7 Å². The molecule has 5 nitrogen and oxygen atoms in total. The van der Waals surface area contributed by atoms with Crippen LogP contribution in [0.5, 0.6) is 0 Å². The van der Waals surface area contributed by atoms with Crippen molar-refractivity contribution in [2.45, 2.75) is 17.9 Å². The number of hydrogen-bond donors (Lipinski definition) is 1. The number of hydrogen-bond acceptors (Lipinski definition) is 4. The van der Waals surface area contributed by atoms with Crippen LogP contribution in [0.15, 0.2) is 47.6 Å². The smallest absolute Gasteiger partial charge is 0.242 e. The lowest BCUT2D eigenvalue weighted by Gasteiger charge is -2.13. The van der Waals surface area contributed by atoms with Gasteiger partial charge >= 0.3 is 0 Å². The van der Waals surface area contributed by atoms with E-state index in [0.717, 1.165) is 0 Å². The maximum atomic E-state index is 12.1. The molecule has 0 fully saturated rings. The monoisotopic (exact) mass is 297 g/mol. The molecule has 0 amide bonds. The van der Waals surface area contributed by atoms with Crippen LogP contribution in [0.1, 0.15) is 18.7 Å². The molecule has 0 bridgehead atoms. The maximum absolute atomic E-state index is 12.1. The predicted molar refractivity (Wildman–Crippen MR) is 72.2 cm³/mol. The Morgan fingerprint density at radius 3 is 2.58 bits per heavy atom. The van der Waals surface area contributed by atoms with Crippen molar-refractivity contribution < 1.29 is 8.42 Å². The number of nitrogens with zero attached hydrogens (tertiary/aromatic N) is 2. The standard InChI is InChI=1S/C12H12ClN3O2S/c1-9(11-4-2-3-7-14-11)16-19(17,18)10-5-6-12(13)15-8-10/h2-9,16H,1H3. The van der Waals surface area contributed by atoms with Gasteiger partial charge < -0.3 is 0 Å². The second-order valence-corrected chi connectivity index (χ2v) is 6.02. The van der Waals surface area contributed by atoms with E-state index >= 15 is 0 Å². The minimum Gasteiger partial charge on any atom is -0.260 e. The summed E-state index contributed by atoms with van der Waals surface area (Å²) < 4.78 is 26.7. The molecule has 7 heteroatoms. The van der Waals surface area contributed by atoms with E-state index in [4.69, 9.17) is 11.6 Å². The first kappa shape index (κ1) is 13.9. The van der Waals surface area contributed by atoms with Crippen LogP contribution in [0.2, 0.25) is 5.15 Å². The summed E-state index contributed by atoms with van der Waals surface area (Å²) >= 11 is 5.63. The van der Waals surface area contributed by atoms with Crippen molar-refractivity contribution in [1.82, 2.24) is 14.7 Å². The van der Waals surface area contributed by atoms with Crippen molar-refractivity contribution in [2.24, 2.45) is 0 Å². The highest BCUT2D eigenvalue weighted by atomic mass is 35.5. The van der Waals surface area contributed by atoms with Gasteiger partial charge in [-0.25, -0.2) is 18.1 Å². The minimum atomic E-state index is -3.64. The van der Waals surface area contributed by atoms with Gasteiger partial charge in [0.1, 0.15) is 10.0 Å². The van der Waals surface area contributed by atoms with Gasteiger partial charge in [0, 0.05) is 12.4 Å². The lowest BCUT2D eigenvalue weighted by atomic mass is 10.2. The molecule has 2 aromatic rings. The molecule has 0 saturated heterocycles. The van der Waals surface area contributed by atoms with Crippen molar-refractivity contribution in [1.29, 1.82) is 0 Å². The maximum Gasteiger partial charge on any atom is 0.242 e. The average molecular weight is 298 g/mol. The summed E-state index contributed by atoms with van der Waals surface area (Å²) in [5, 5.41) is 0.247. The molecule has 19 heavy (non-hydrogen) atoms. The Hall–Kier alpha value is -1.50. The van der Waals surface area contributed by atoms with Gasteiger partial charge in [0.2, 0.25) is 10.0 Å². The molecule has 1 atom stereocenters. The second kappa shape index (κ2) is 5.64. The number of nitrogens with one attached hydrogen (secondary N) is 1. The van der Waals surface area contributed by atoms with Crippen LogP contribution in [0.4, 0.5) is 0 Å². The van der Waals surface area contributed by atoms with Gasteiger partial charge in [-0.1, -0.05) is 17.7 Å². The zero-order valence-electron chi connectivity index (χ0n) is 10.1. The molecule has 2 aromatic heterocycles. The Bertz CT molecular complexity index is 644. The molecule has 1 unspecified atom stereocenters. The molecule has 0 aliphatic heterocycles. The fourth-order valence-electron chi connectivity index (χ4n) is 1.51. The fourth-order valence-corrected chi connectivity index (χ4v) is 2.79. The molecule has 2 heterocycles. The summed E-state index contributed by atoms with van der Waals surface area (Å²) in [7, 11) is -3.64. The van der Waals surface area contributed by atoms with Crippen LogP contribution >= 0.6 is 11.6 Å². The quantitative estimate of drug-likeness (QED) is 0.878. The van der Waals surface area contributed by atoms with E-state index in [1.54, 1.807) is 31.3 Å². The van der Waals surface area contributed by atoms with Gasteiger partial charge in [-0.3, -0.25) is 4.98 Å². The number of aromatic nitrogens is 2. The fraction of sp³-hybridized carbons (Fsp3) is 0.167. The van der Waals surface area contributed by atoms with Crippen molar-refractivity contribution >= 4 is 21.6 Å². The highest BCUT2D eigenvalue weighted by Gasteiger charge is 2.19. The highest BCUT2D eigenvalue weighted by Crippen LogP contribution is 2.15. The Morgan fingerprint density at radius 2 is 2.00 bits per heavy atom. The average Bonchev–Trinajstić information content (AvgIpc) is 2.40. The molecule has 0 aliphatic rings. The molecule has 2 rings (SSSR count). The molecule has 0 aliphatic carbocycles. The van der Waals surface area contributed by atoms with Crippen LogP contribution < -0.4 is 4.72 Å². The summed E-state index contributed by atoms with van der Waals surface area (Å²) in [6.45, 7) is 1.73. The van der Waals surface area contributed by atoms with E-state index in [2.05, 4.69) is 14.7 Å². The molecule has 100 valence electrons. The number of sulfonamides is 1. The van der Waals surface area contributed by atoms with Gasteiger partial charge in [-0.15, -0.1) is 0 Å². The minimum absolute atomic E-state index is 0.0691. The summed E-state index contributed by atoms with van der Waals surface area (Å²) in [6.07, 6.45) is 2.83. The van der Waals surface area contributed by atoms with Gasteiger partial charge in [0.25, 0.3) is 0 Å². The summed E-state index contributed by atoms with van der Waals surface area (Å²) in [4.78, 5) is 7.93. The van der Waals surface area contributed by atoms with Gasteiger partial charge in [-0.05, 0) is 31.2 Å². The molecule has 0 aromatic carbocycles. The number of rotatable bonds is 4. The Morgan fingerprint density at radius 1 is 1.21 bits per heavy atom. The topological polar surface area (TPSA) is 72.0 Å². The second-order valence-electron chi connectivity index (χ2n) is 3.91. The zero-order chi connectivity index (χ0) is 13.9. The van der Waals surface area contributed by atoms with E-state index in [-0.39, 0.29) is 10.0 Å². The van der Waals surface area contributed by atoms with Crippen LogP contribution in [-0.2, 0) is 10.0 Å². The molecule has 0 spiro atoms. The van der Waals surface area contributed by atoms with Gasteiger partial charge in [0.15, 0.2) is 0 Å². The zero-order valence-corrected chi connectivity index (χ0v) is 11.7. The summed E-state index contributed by atoms with van der Waals surface area (Å²) in [5.74, 6) is 0. The highest BCUT2D eigenvalue weighted by molar-refractivity contribution is 7.89. The third-order valence-corrected chi connectivity index (χ3v) is 4.22. The Kier molecular flexibility index (Phi) is 4.14. The Balaban J connectivity index is 2.20.